The highest BCUT2D eigenvalue weighted by molar-refractivity contribution is 7.86. The Bertz CT molecular complexity index is 388. The molecule has 0 heterocycles. The molecule has 0 bridgehead atoms. The predicted octanol–water partition coefficient (Wildman–Crippen LogP) is 0.834. The molecule has 0 spiro atoms. The maximum absolute atomic E-state index is 10.9. The zero-order chi connectivity index (χ0) is 11.3. The van der Waals surface area contributed by atoms with Crippen LogP contribution in [0.1, 0.15) is 12.0 Å². The minimum Gasteiger partial charge on any atom is -0.329 e. The summed E-state index contributed by atoms with van der Waals surface area (Å²) in [6, 6.07) is 9.50. The molecule has 0 aliphatic carbocycles. The van der Waals surface area contributed by atoms with Crippen molar-refractivity contribution in [3.8, 4) is 0 Å². The molecule has 4 nitrogen and oxygen atoms in total. The molecule has 15 heavy (non-hydrogen) atoms. The smallest absolute Gasteiger partial charge is 0.269 e. The van der Waals surface area contributed by atoms with Crippen LogP contribution in [0.25, 0.3) is 0 Å². The van der Waals surface area contributed by atoms with Gasteiger partial charge in [0.1, 0.15) is 0 Å². The molecule has 0 fully saturated rings. The second kappa shape index (κ2) is 5.25. The van der Waals surface area contributed by atoms with E-state index in [1.54, 1.807) is 0 Å². The summed E-state index contributed by atoms with van der Waals surface area (Å²) in [5.41, 5.74) is 6.33. The highest BCUT2D eigenvalue weighted by atomic mass is 32.2. The van der Waals surface area contributed by atoms with Crippen molar-refractivity contribution in [2.75, 3.05) is 6.54 Å². The van der Waals surface area contributed by atoms with Gasteiger partial charge in [0, 0.05) is 6.54 Å². The molecule has 0 aliphatic rings. The van der Waals surface area contributed by atoms with E-state index in [1.165, 1.54) is 0 Å². The first-order chi connectivity index (χ1) is 7.04. The van der Waals surface area contributed by atoms with Crippen molar-refractivity contribution >= 4 is 10.1 Å². The van der Waals surface area contributed by atoms with Crippen LogP contribution in [0.2, 0.25) is 0 Å². The van der Waals surface area contributed by atoms with Gasteiger partial charge in [-0.3, -0.25) is 4.55 Å². The van der Waals surface area contributed by atoms with Crippen LogP contribution in [-0.4, -0.2) is 24.8 Å². The van der Waals surface area contributed by atoms with Crippen LogP contribution in [0.15, 0.2) is 30.3 Å². The van der Waals surface area contributed by atoms with E-state index in [1.807, 2.05) is 30.3 Å². The van der Waals surface area contributed by atoms with Crippen LogP contribution in [-0.2, 0) is 16.5 Å². The Morgan fingerprint density at radius 1 is 1.27 bits per heavy atom. The Kier molecular flexibility index (Phi) is 4.26. The molecule has 1 unspecified atom stereocenters. The van der Waals surface area contributed by atoms with E-state index < -0.39 is 15.4 Å². The van der Waals surface area contributed by atoms with Crippen molar-refractivity contribution in [3.05, 3.63) is 35.9 Å². The van der Waals surface area contributed by atoms with Crippen molar-refractivity contribution < 1.29 is 13.0 Å². The minimum atomic E-state index is -4.01. The molecule has 0 amide bonds. The van der Waals surface area contributed by atoms with Gasteiger partial charge >= 0.3 is 0 Å². The average Bonchev–Trinajstić information content (AvgIpc) is 2.18. The molecule has 1 rings (SSSR count). The summed E-state index contributed by atoms with van der Waals surface area (Å²) in [5.74, 6) is 0. The number of hydrogen-bond donors (Lipinski definition) is 2. The third-order valence-electron chi connectivity index (χ3n) is 2.28. The average molecular weight is 229 g/mol. The molecule has 3 N–H and O–H groups in total. The molecule has 0 aromatic heterocycles. The third-order valence-corrected chi connectivity index (χ3v) is 3.55. The van der Waals surface area contributed by atoms with E-state index in [0.717, 1.165) is 5.56 Å². The Morgan fingerprint density at radius 3 is 2.33 bits per heavy atom. The SMILES string of the molecule is NCC(CCc1ccccc1)S(=O)(=O)O. The summed E-state index contributed by atoms with van der Waals surface area (Å²) in [6.07, 6.45) is 0.946. The number of nitrogens with two attached hydrogens (primary N) is 1. The quantitative estimate of drug-likeness (QED) is 0.733. The number of rotatable bonds is 5. The second-order valence-corrected chi connectivity index (χ2v) is 5.09. The molecule has 0 saturated heterocycles. The molecule has 5 heteroatoms. The summed E-state index contributed by atoms with van der Waals surface area (Å²) < 4.78 is 30.6. The first-order valence-corrected chi connectivity index (χ1v) is 6.24. The van der Waals surface area contributed by atoms with Gasteiger partial charge in [0.05, 0.1) is 5.25 Å². The highest BCUT2D eigenvalue weighted by Gasteiger charge is 2.20. The lowest BCUT2D eigenvalue weighted by Crippen LogP contribution is -2.29. The summed E-state index contributed by atoms with van der Waals surface area (Å²) in [7, 11) is -4.01. The van der Waals surface area contributed by atoms with Gasteiger partial charge in [-0.05, 0) is 18.4 Å². The molecule has 1 aromatic rings. The number of benzene rings is 1. The van der Waals surface area contributed by atoms with Crippen molar-refractivity contribution in [3.63, 3.8) is 0 Å². The van der Waals surface area contributed by atoms with Crippen LogP contribution in [0, 0.1) is 0 Å². The van der Waals surface area contributed by atoms with Crippen LogP contribution in [0.5, 0.6) is 0 Å². The fourth-order valence-corrected chi connectivity index (χ4v) is 2.02. The lowest BCUT2D eigenvalue weighted by Gasteiger charge is -2.10. The third kappa shape index (κ3) is 3.99. The molecule has 0 saturated carbocycles. The Morgan fingerprint density at radius 2 is 1.87 bits per heavy atom. The van der Waals surface area contributed by atoms with Crippen LogP contribution < -0.4 is 5.73 Å². The van der Waals surface area contributed by atoms with Crippen LogP contribution in [0.4, 0.5) is 0 Å². The standard InChI is InChI=1S/C10H15NO3S/c11-8-10(15(12,13)14)7-6-9-4-2-1-3-5-9/h1-5,10H,6-8,11H2,(H,12,13,14). The number of aryl methyl sites for hydroxylation is 1. The van der Waals surface area contributed by atoms with E-state index in [4.69, 9.17) is 10.3 Å². The van der Waals surface area contributed by atoms with Gasteiger partial charge < -0.3 is 5.73 Å². The van der Waals surface area contributed by atoms with Gasteiger partial charge in [-0.2, -0.15) is 8.42 Å². The van der Waals surface area contributed by atoms with Gasteiger partial charge in [-0.1, -0.05) is 30.3 Å². The zero-order valence-electron chi connectivity index (χ0n) is 8.33. The van der Waals surface area contributed by atoms with Gasteiger partial charge in [0.15, 0.2) is 0 Å². The van der Waals surface area contributed by atoms with E-state index >= 15 is 0 Å². The van der Waals surface area contributed by atoms with Gasteiger partial charge in [-0.25, -0.2) is 0 Å². The largest absolute Gasteiger partial charge is 0.329 e. The van der Waals surface area contributed by atoms with E-state index in [0.29, 0.717) is 12.8 Å². The summed E-state index contributed by atoms with van der Waals surface area (Å²) in [6.45, 7) is -0.0499. The van der Waals surface area contributed by atoms with Crippen LogP contribution >= 0.6 is 0 Å². The van der Waals surface area contributed by atoms with Gasteiger partial charge in [0.25, 0.3) is 10.1 Å². The zero-order valence-corrected chi connectivity index (χ0v) is 9.15. The molecule has 0 aliphatic heterocycles. The Hall–Kier alpha value is -0.910. The van der Waals surface area contributed by atoms with Crippen molar-refractivity contribution in [1.82, 2.24) is 0 Å². The Labute approximate surface area is 89.9 Å². The molecule has 1 atom stereocenters. The van der Waals surface area contributed by atoms with Gasteiger partial charge in [0.2, 0.25) is 0 Å². The lowest BCUT2D eigenvalue weighted by atomic mass is 10.1. The van der Waals surface area contributed by atoms with Crippen molar-refractivity contribution in [2.24, 2.45) is 5.73 Å². The predicted molar refractivity (Wildman–Crippen MR) is 59.2 cm³/mol. The molecule has 0 radical (unpaired) electrons. The molecule has 84 valence electrons. The maximum Gasteiger partial charge on any atom is 0.269 e. The molecular formula is C10H15NO3S. The second-order valence-electron chi connectivity index (χ2n) is 3.40. The molecule has 1 aromatic carbocycles. The normalized spacial score (nSPS) is 13.7. The minimum absolute atomic E-state index is 0.0499. The fraction of sp³-hybridized carbons (Fsp3) is 0.400. The fourth-order valence-electron chi connectivity index (χ4n) is 1.36. The maximum atomic E-state index is 10.9. The first kappa shape index (κ1) is 12.2. The topological polar surface area (TPSA) is 80.4 Å². The van der Waals surface area contributed by atoms with Crippen LogP contribution in [0.3, 0.4) is 0 Å². The van der Waals surface area contributed by atoms with Crippen molar-refractivity contribution in [1.29, 1.82) is 0 Å². The molecular weight excluding hydrogens is 214 g/mol. The summed E-state index contributed by atoms with van der Waals surface area (Å²) >= 11 is 0. The summed E-state index contributed by atoms with van der Waals surface area (Å²) in [4.78, 5) is 0. The first-order valence-electron chi connectivity index (χ1n) is 4.74. The van der Waals surface area contributed by atoms with Gasteiger partial charge in [-0.15, -0.1) is 0 Å². The summed E-state index contributed by atoms with van der Waals surface area (Å²) in [5, 5.41) is -0.863. The Balaban J connectivity index is 2.56. The lowest BCUT2D eigenvalue weighted by molar-refractivity contribution is 0.462. The van der Waals surface area contributed by atoms with E-state index in [-0.39, 0.29) is 6.54 Å². The monoisotopic (exact) mass is 229 g/mol. The highest BCUT2D eigenvalue weighted by Crippen LogP contribution is 2.09. The van der Waals surface area contributed by atoms with Crippen molar-refractivity contribution in [2.45, 2.75) is 18.1 Å². The van der Waals surface area contributed by atoms with E-state index in [9.17, 15) is 8.42 Å². The number of hydrogen-bond acceptors (Lipinski definition) is 3. The van der Waals surface area contributed by atoms with E-state index in [2.05, 4.69) is 0 Å².